The van der Waals surface area contributed by atoms with Crippen molar-refractivity contribution < 1.29 is 22.4 Å². The number of halogens is 4. The van der Waals surface area contributed by atoms with Gasteiger partial charge in [-0.25, -0.2) is 9.18 Å². The molecule has 0 atom stereocenters. The topological polar surface area (TPSA) is 32.3 Å². The predicted octanol–water partition coefficient (Wildman–Crippen LogP) is 3.77. The molecule has 0 saturated carbocycles. The van der Waals surface area contributed by atoms with Crippen LogP contribution in [0.2, 0.25) is 0 Å². The molecule has 0 radical (unpaired) electrons. The third-order valence-electron chi connectivity index (χ3n) is 2.22. The standard InChI is InChI=1S/C12H12F4N2OS/c1-3-6-17-11(19)18(2)10-5-4-8(7-9(10)13)20-12(14,15)16/h3-5,7H,1,6H2,2H3,(H,17,19). The van der Waals surface area contributed by atoms with Crippen LogP contribution in [0.25, 0.3) is 0 Å². The molecule has 0 aliphatic carbocycles. The van der Waals surface area contributed by atoms with Crippen molar-refractivity contribution >= 4 is 23.5 Å². The molecule has 0 saturated heterocycles. The number of urea groups is 1. The van der Waals surface area contributed by atoms with Crippen LogP contribution in [0, 0.1) is 5.82 Å². The second kappa shape index (κ2) is 6.65. The van der Waals surface area contributed by atoms with Gasteiger partial charge in [0.05, 0.1) is 5.69 Å². The molecule has 0 bridgehead atoms. The van der Waals surface area contributed by atoms with E-state index >= 15 is 0 Å². The number of carbonyl (C=O) groups is 1. The van der Waals surface area contributed by atoms with Crippen molar-refractivity contribution in [2.24, 2.45) is 0 Å². The molecule has 20 heavy (non-hydrogen) atoms. The Bertz CT molecular complexity index is 505. The summed E-state index contributed by atoms with van der Waals surface area (Å²) in [5.74, 6) is -0.907. The molecule has 0 spiro atoms. The number of hydrogen-bond donors (Lipinski definition) is 1. The molecule has 2 amide bonds. The van der Waals surface area contributed by atoms with Gasteiger partial charge in [0.1, 0.15) is 5.82 Å². The van der Waals surface area contributed by atoms with E-state index in [0.717, 1.165) is 23.1 Å². The molecule has 0 aliphatic heterocycles. The maximum atomic E-state index is 13.7. The number of carbonyl (C=O) groups excluding carboxylic acids is 1. The molecule has 110 valence electrons. The van der Waals surface area contributed by atoms with Crippen molar-refractivity contribution in [3.63, 3.8) is 0 Å². The van der Waals surface area contributed by atoms with Crippen LogP contribution >= 0.6 is 11.8 Å². The van der Waals surface area contributed by atoms with Crippen LogP contribution in [0.4, 0.5) is 28.0 Å². The summed E-state index contributed by atoms with van der Waals surface area (Å²) in [5, 5.41) is 2.43. The third-order valence-corrected chi connectivity index (χ3v) is 2.94. The summed E-state index contributed by atoms with van der Waals surface area (Å²) >= 11 is -0.415. The number of rotatable bonds is 4. The van der Waals surface area contributed by atoms with Gasteiger partial charge in [-0.15, -0.1) is 6.58 Å². The summed E-state index contributed by atoms with van der Waals surface area (Å²) < 4.78 is 50.2. The number of amides is 2. The number of nitrogens with one attached hydrogen (secondary N) is 1. The van der Waals surface area contributed by atoms with Gasteiger partial charge in [0.25, 0.3) is 0 Å². The minimum atomic E-state index is -4.48. The summed E-state index contributed by atoms with van der Waals surface area (Å²) in [6, 6.07) is 2.38. The van der Waals surface area contributed by atoms with E-state index in [1.807, 2.05) is 0 Å². The Morgan fingerprint density at radius 1 is 1.50 bits per heavy atom. The lowest BCUT2D eigenvalue weighted by Gasteiger charge is -2.18. The number of benzene rings is 1. The van der Waals surface area contributed by atoms with E-state index < -0.39 is 29.1 Å². The Balaban J connectivity index is 2.87. The highest BCUT2D eigenvalue weighted by Crippen LogP contribution is 2.38. The molecule has 0 aliphatic rings. The smallest absolute Gasteiger partial charge is 0.334 e. The summed E-state index contributed by atoms with van der Waals surface area (Å²) in [4.78, 5) is 12.3. The highest BCUT2D eigenvalue weighted by atomic mass is 32.2. The number of alkyl halides is 3. The van der Waals surface area contributed by atoms with Gasteiger partial charge in [0, 0.05) is 18.5 Å². The zero-order valence-electron chi connectivity index (χ0n) is 10.5. The van der Waals surface area contributed by atoms with Gasteiger partial charge in [0.2, 0.25) is 0 Å². The monoisotopic (exact) mass is 308 g/mol. The molecule has 1 aromatic rings. The fraction of sp³-hybridized carbons (Fsp3) is 0.250. The van der Waals surface area contributed by atoms with Crippen molar-refractivity contribution in [1.82, 2.24) is 5.32 Å². The first-order chi connectivity index (χ1) is 9.24. The SMILES string of the molecule is C=CCNC(=O)N(C)c1ccc(SC(F)(F)F)cc1F. The van der Waals surface area contributed by atoms with Crippen molar-refractivity contribution in [2.45, 2.75) is 10.4 Å². The van der Waals surface area contributed by atoms with E-state index in [9.17, 15) is 22.4 Å². The Labute approximate surface area is 117 Å². The number of nitrogens with zero attached hydrogens (tertiary/aromatic N) is 1. The molecule has 0 unspecified atom stereocenters. The van der Waals surface area contributed by atoms with Crippen LogP contribution < -0.4 is 10.2 Å². The highest BCUT2D eigenvalue weighted by Gasteiger charge is 2.29. The summed E-state index contributed by atoms with van der Waals surface area (Å²) in [6.07, 6.45) is 1.45. The molecular weight excluding hydrogens is 296 g/mol. The lowest BCUT2D eigenvalue weighted by atomic mass is 10.3. The maximum absolute atomic E-state index is 13.7. The average molecular weight is 308 g/mol. The van der Waals surface area contributed by atoms with Crippen molar-refractivity contribution in [3.05, 3.63) is 36.7 Å². The quantitative estimate of drug-likeness (QED) is 0.522. The van der Waals surface area contributed by atoms with Crippen LogP contribution in [-0.2, 0) is 0 Å². The van der Waals surface area contributed by atoms with E-state index in [-0.39, 0.29) is 17.1 Å². The summed E-state index contributed by atoms with van der Waals surface area (Å²) in [7, 11) is 1.31. The molecule has 0 aromatic heterocycles. The van der Waals surface area contributed by atoms with Gasteiger partial charge in [-0.2, -0.15) is 13.2 Å². The summed E-state index contributed by atoms with van der Waals surface area (Å²) in [5.41, 5.74) is -4.60. The van der Waals surface area contributed by atoms with Gasteiger partial charge in [0.15, 0.2) is 0 Å². The van der Waals surface area contributed by atoms with E-state index in [1.54, 1.807) is 0 Å². The first kappa shape index (κ1) is 16.4. The lowest BCUT2D eigenvalue weighted by molar-refractivity contribution is -0.0328. The number of hydrogen-bond acceptors (Lipinski definition) is 2. The second-order valence-corrected chi connectivity index (χ2v) is 4.83. The number of anilines is 1. The van der Waals surface area contributed by atoms with Gasteiger partial charge in [-0.3, -0.25) is 4.90 Å². The molecule has 1 N–H and O–H groups in total. The lowest BCUT2D eigenvalue weighted by Crippen LogP contribution is -2.37. The Morgan fingerprint density at radius 3 is 2.65 bits per heavy atom. The Hall–Kier alpha value is -1.70. The normalized spacial score (nSPS) is 11.1. The van der Waals surface area contributed by atoms with Gasteiger partial charge in [-0.05, 0) is 30.0 Å². The Morgan fingerprint density at radius 2 is 2.15 bits per heavy atom. The molecule has 8 heteroatoms. The zero-order valence-corrected chi connectivity index (χ0v) is 11.3. The predicted molar refractivity (Wildman–Crippen MR) is 70.3 cm³/mol. The molecule has 3 nitrogen and oxygen atoms in total. The molecule has 1 aromatic carbocycles. The zero-order chi connectivity index (χ0) is 15.3. The van der Waals surface area contributed by atoms with Crippen molar-refractivity contribution in [2.75, 3.05) is 18.5 Å². The van der Waals surface area contributed by atoms with Crippen LogP contribution in [0.15, 0.2) is 35.7 Å². The minimum absolute atomic E-state index is 0.113. The largest absolute Gasteiger partial charge is 0.446 e. The van der Waals surface area contributed by atoms with E-state index in [2.05, 4.69) is 11.9 Å². The minimum Gasteiger partial charge on any atom is -0.334 e. The fourth-order valence-corrected chi connectivity index (χ4v) is 1.91. The van der Waals surface area contributed by atoms with E-state index in [1.165, 1.54) is 13.1 Å². The van der Waals surface area contributed by atoms with Crippen LogP contribution in [0.5, 0.6) is 0 Å². The average Bonchev–Trinajstić information content (AvgIpc) is 2.33. The second-order valence-electron chi connectivity index (χ2n) is 3.69. The molecule has 0 heterocycles. The highest BCUT2D eigenvalue weighted by molar-refractivity contribution is 8.00. The van der Waals surface area contributed by atoms with E-state index in [0.29, 0.717) is 0 Å². The molecule has 0 fully saturated rings. The third kappa shape index (κ3) is 4.76. The van der Waals surface area contributed by atoms with Gasteiger partial charge >= 0.3 is 11.5 Å². The van der Waals surface area contributed by atoms with Gasteiger partial charge in [-0.1, -0.05) is 6.08 Å². The maximum Gasteiger partial charge on any atom is 0.446 e. The molecule has 1 rings (SSSR count). The van der Waals surface area contributed by atoms with Crippen molar-refractivity contribution in [3.8, 4) is 0 Å². The van der Waals surface area contributed by atoms with E-state index in [4.69, 9.17) is 0 Å². The van der Waals surface area contributed by atoms with Crippen LogP contribution in [0.3, 0.4) is 0 Å². The Kier molecular flexibility index (Phi) is 5.43. The first-order valence-corrected chi connectivity index (χ1v) is 6.24. The van der Waals surface area contributed by atoms with Crippen LogP contribution in [0.1, 0.15) is 0 Å². The van der Waals surface area contributed by atoms with Gasteiger partial charge < -0.3 is 5.32 Å². The number of thioether (sulfide) groups is 1. The van der Waals surface area contributed by atoms with Crippen LogP contribution in [-0.4, -0.2) is 25.1 Å². The first-order valence-electron chi connectivity index (χ1n) is 5.42. The van der Waals surface area contributed by atoms with Crippen molar-refractivity contribution in [1.29, 1.82) is 0 Å². The fourth-order valence-electron chi connectivity index (χ4n) is 1.34. The molecular formula is C12H12F4N2OS. The summed E-state index contributed by atoms with van der Waals surface area (Å²) in [6.45, 7) is 3.61.